The molecule has 106 valence electrons. The Hall–Kier alpha value is -1.26. The molecule has 0 bridgehead atoms. The molecule has 0 fully saturated rings. The minimum atomic E-state index is 0.294. The van der Waals surface area contributed by atoms with Crippen molar-refractivity contribution < 1.29 is 4.74 Å². The fourth-order valence-electron chi connectivity index (χ4n) is 1.84. The summed E-state index contributed by atoms with van der Waals surface area (Å²) < 4.78 is 6.69. The van der Waals surface area contributed by atoms with E-state index in [1.807, 2.05) is 19.1 Å². The summed E-state index contributed by atoms with van der Waals surface area (Å²) in [5.74, 6) is 1.42. The average Bonchev–Trinajstić information content (AvgIpc) is 2.36. The SMILES string of the molecule is Cc1cc(Oc2ncc(Br)cc2Cl)c(C(C)C)cc1N. The van der Waals surface area contributed by atoms with Crippen molar-refractivity contribution in [2.24, 2.45) is 0 Å². The highest BCUT2D eigenvalue weighted by Gasteiger charge is 2.13. The van der Waals surface area contributed by atoms with Gasteiger partial charge in [-0.25, -0.2) is 4.98 Å². The number of nitrogens with zero attached hydrogens (tertiary/aromatic N) is 1. The minimum absolute atomic E-state index is 0.294. The fraction of sp³-hybridized carbons (Fsp3) is 0.267. The molecule has 1 heterocycles. The lowest BCUT2D eigenvalue weighted by atomic mass is 9.99. The standard InChI is InChI=1S/C15H16BrClN2O/c1-8(2)11-6-13(18)9(3)4-14(11)20-15-12(17)5-10(16)7-19-15/h4-8H,18H2,1-3H3. The Balaban J connectivity index is 2.44. The number of hydrogen-bond acceptors (Lipinski definition) is 3. The highest BCUT2D eigenvalue weighted by atomic mass is 79.9. The number of aromatic nitrogens is 1. The summed E-state index contributed by atoms with van der Waals surface area (Å²) in [5.41, 5.74) is 8.73. The molecule has 0 atom stereocenters. The third-order valence-corrected chi connectivity index (χ3v) is 3.71. The summed E-state index contributed by atoms with van der Waals surface area (Å²) in [4.78, 5) is 4.19. The van der Waals surface area contributed by atoms with Crippen molar-refractivity contribution in [3.8, 4) is 11.6 Å². The molecule has 0 unspecified atom stereocenters. The zero-order valence-electron chi connectivity index (χ0n) is 11.6. The number of nitrogen functional groups attached to an aromatic ring is 1. The highest BCUT2D eigenvalue weighted by Crippen LogP contribution is 2.36. The second-order valence-electron chi connectivity index (χ2n) is 4.94. The van der Waals surface area contributed by atoms with Crippen LogP contribution in [0.25, 0.3) is 0 Å². The zero-order chi connectivity index (χ0) is 14.9. The predicted octanol–water partition coefficient (Wildman–Crippen LogP) is 5.30. The van der Waals surface area contributed by atoms with Crippen LogP contribution in [0.1, 0.15) is 30.9 Å². The topological polar surface area (TPSA) is 48.1 Å². The number of pyridine rings is 1. The first-order valence-corrected chi connectivity index (χ1v) is 7.44. The van der Waals surface area contributed by atoms with Crippen molar-refractivity contribution in [2.45, 2.75) is 26.7 Å². The first-order valence-electron chi connectivity index (χ1n) is 6.27. The molecule has 2 rings (SSSR count). The quantitative estimate of drug-likeness (QED) is 0.760. The smallest absolute Gasteiger partial charge is 0.238 e. The van der Waals surface area contributed by atoms with Crippen LogP contribution in [0.3, 0.4) is 0 Å². The van der Waals surface area contributed by atoms with Gasteiger partial charge in [0.15, 0.2) is 0 Å². The number of rotatable bonds is 3. The molecular formula is C15H16BrClN2O. The van der Waals surface area contributed by atoms with Gasteiger partial charge in [0.05, 0.1) is 0 Å². The van der Waals surface area contributed by atoms with Crippen LogP contribution in [-0.2, 0) is 0 Å². The summed E-state index contributed by atoms with van der Waals surface area (Å²) in [6, 6.07) is 5.62. The van der Waals surface area contributed by atoms with Crippen molar-refractivity contribution in [1.29, 1.82) is 0 Å². The molecule has 0 aliphatic heterocycles. The number of hydrogen-bond donors (Lipinski definition) is 1. The van der Waals surface area contributed by atoms with E-state index < -0.39 is 0 Å². The summed E-state index contributed by atoms with van der Waals surface area (Å²) in [6.07, 6.45) is 1.65. The summed E-state index contributed by atoms with van der Waals surface area (Å²) in [6.45, 7) is 6.13. The molecule has 0 saturated carbocycles. The molecule has 2 aromatic rings. The van der Waals surface area contributed by atoms with Gasteiger partial charge in [0, 0.05) is 16.4 Å². The van der Waals surface area contributed by atoms with Crippen molar-refractivity contribution in [3.05, 3.63) is 45.0 Å². The molecule has 0 saturated heterocycles. The van der Waals surface area contributed by atoms with Gasteiger partial charge in [-0.2, -0.15) is 0 Å². The van der Waals surface area contributed by atoms with E-state index in [1.165, 1.54) is 0 Å². The number of halogens is 2. The van der Waals surface area contributed by atoms with Crippen LogP contribution in [0.2, 0.25) is 5.02 Å². The van der Waals surface area contributed by atoms with E-state index in [-0.39, 0.29) is 0 Å². The molecule has 1 aromatic carbocycles. The highest BCUT2D eigenvalue weighted by molar-refractivity contribution is 9.10. The van der Waals surface area contributed by atoms with Gasteiger partial charge in [0.25, 0.3) is 0 Å². The number of ether oxygens (including phenoxy) is 1. The fourth-order valence-corrected chi connectivity index (χ4v) is 2.50. The second-order valence-corrected chi connectivity index (χ2v) is 6.27. The molecule has 0 aliphatic carbocycles. The lowest BCUT2D eigenvalue weighted by Crippen LogP contribution is -1.99. The van der Waals surface area contributed by atoms with Gasteiger partial charge in [-0.3, -0.25) is 0 Å². The monoisotopic (exact) mass is 354 g/mol. The van der Waals surface area contributed by atoms with E-state index in [0.29, 0.717) is 16.8 Å². The van der Waals surface area contributed by atoms with Gasteiger partial charge in [0.2, 0.25) is 5.88 Å². The summed E-state index contributed by atoms with van der Waals surface area (Å²) in [7, 11) is 0. The van der Waals surface area contributed by atoms with Crippen LogP contribution >= 0.6 is 27.5 Å². The molecule has 0 radical (unpaired) electrons. The lowest BCUT2D eigenvalue weighted by molar-refractivity contribution is 0.454. The Morgan fingerprint density at radius 1 is 1.30 bits per heavy atom. The van der Waals surface area contributed by atoms with Gasteiger partial charge in [-0.05, 0) is 58.1 Å². The second kappa shape index (κ2) is 6.02. The van der Waals surface area contributed by atoms with E-state index in [9.17, 15) is 0 Å². The first kappa shape index (κ1) is 15.1. The van der Waals surface area contributed by atoms with Crippen LogP contribution in [0.15, 0.2) is 28.9 Å². The molecule has 0 aliphatic rings. The zero-order valence-corrected chi connectivity index (χ0v) is 13.9. The van der Waals surface area contributed by atoms with Crippen LogP contribution in [0, 0.1) is 6.92 Å². The summed E-state index contributed by atoms with van der Waals surface area (Å²) >= 11 is 9.46. The van der Waals surface area contributed by atoms with E-state index in [4.69, 9.17) is 22.1 Å². The van der Waals surface area contributed by atoms with Crippen molar-refractivity contribution in [2.75, 3.05) is 5.73 Å². The van der Waals surface area contributed by atoms with Gasteiger partial charge < -0.3 is 10.5 Å². The molecule has 0 spiro atoms. The largest absolute Gasteiger partial charge is 0.437 e. The third-order valence-electron chi connectivity index (χ3n) is 3.00. The molecule has 1 aromatic heterocycles. The van der Waals surface area contributed by atoms with Crippen LogP contribution in [0.4, 0.5) is 5.69 Å². The normalized spacial score (nSPS) is 10.9. The van der Waals surface area contributed by atoms with E-state index in [2.05, 4.69) is 34.8 Å². The number of nitrogens with two attached hydrogens (primary N) is 1. The maximum Gasteiger partial charge on any atom is 0.238 e. The van der Waals surface area contributed by atoms with Crippen LogP contribution in [-0.4, -0.2) is 4.98 Å². The van der Waals surface area contributed by atoms with E-state index >= 15 is 0 Å². The molecule has 0 amide bonds. The molecule has 5 heteroatoms. The van der Waals surface area contributed by atoms with Gasteiger partial charge in [0.1, 0.15) is 10.8 Å². The Labute approximate surface area is 132 Å². The maximum atomic E-state index is 6.14. The Bertz CT molecular complexity index is 644. The van der Waals surface area contributed by atoms with Gasteiger partial charge in [-0.1, -0.05) is 25.4 Å². The van der Waals surface area contributed by atoms with Crippen LogP contribution < -0.4 is 10.5 Å². The molecule has 3 nitrogen and oxygen atoms in total. The minimum Gasteiger partial charge on any atom is -0.437 e. The average molecular weight is 356 g/mol. The van der Waals surface area contributed by atoms with Crippen molar-refractivity contribution >= 4 is 33.2 Å². The molecule has 20 heavy (non-hydrogen) atoms. The lowest BCUT2D eigenvalue weighted by Gasteiger charge is -2.16. The predicted molar refractivity (Wildman–Crippen MR) is 86.7 cm³/mol. The first-order chi connectivity index (χ1) is 9.38. The van der Waals surface area contributed by atoms with Gasteiger partial charge in [-0.15, -0.1) is 0 Å². The van der Waals surface area contributed by atoms with Crippen molar-refractivity contribution in [1.82, 2.24) is 4.98 Å². The Morgan fingerprint density at radius 3 is 2.60 bits per heavy atom. The third kappa shape index (κ3) is 3.25. The molecule has 2 N–H and O–H groups in total. The van der Waals surface area contributed by atoms with E-state index in [0.717, 1.165) is 27.0 Å². The Kier molecular flexibility index (Phi) is 4.55. The van der Waals surface area contributed by atoms with Gasteiger partial charge >= 0.3 is 0 Å². The van der Waals surface area contributed by atoms with Crippen LogP contribution in [0.5, 0.6) is 11.6 Å². The summed E-state index contributed by atoms with van der Waals surface area (Å²) in [5, 5.41) is 0.462. The maximum absolute atomic E-state index is 6.14. The van der Waals surface area contributed by atoms with Crippen molar-refractivity contribution in [3.63, 3.8) is 0 Å². The number of aryl methyl sites for hydroxylation is 1. The number of benzene rings is 1. The van der Waals surface area contributed by atoms with E-state index in [1.54, 1.807) is 12.3 Å². The molecular weight excluding hydrogens is 340 g/mol. The number of anilines is 1. The Morgan fingerprint density at radius 2 is 2.00 bits per heavy atom.